The number of para-hydroxylation sites is 2. The Labute approximate surface area is 167 Å². The summed E-state index contributed by atoms with van der Waals surface area (Å²) >= 11 is 0. The van der Waals surface area contributed by atoms with Gasteiger partial charge in [-0.05, 0) is 55.6 Å². The van der Waals surface area contributed by atoms with Crippen molar-refractivity contribution >= 4 is 22.0 Å². The second-order valence-electron chi connectivity index (χ2n) is 8.01. The number of imidazole rings is 1. The third kappa shape index (κ3) is 3.29. The van der Waals surface area contributed by atoms with Crippen LogP contribution in [0.4, 0.5) is 0 Å². The number of hydrogen-bond acceptors (Lipinski definition) is 5. The Kier molecular flexibility index (Phi) is 4.36. The number of aromatic hydroxyl groups is 1. The summed E-state index contributed by atoms with van der Waals surface area (Å²) in [5, 5.41) is 11.2. The molecule has 4 aromatic rings. The standard InChI is InChI=1S/C23H23N3O3/c1-14-5-4-10-26(12-14)13-17-20(27)9-8-15-11-16(23(28)29-21(15)17)22-24-18-6-2-3-7-19(18)25-22/h2-3,6-9,11,14,27H,4-5,10,12-13H2,1H3,(H,24,25)/t14-/m0/s1. The van der Waals surface area contributed by atoms with Gasteiger partial charge in [-0.3, -0.25) is 4.90 Å². The lowest BCUT2D eigenvalue weighted by molar-refractivity contribution is 0.175. The van der Waals surface area contributed by atoms with Gasteiger partial charge in [0.25, 0.3) is 0 Å². The van der Waals surface area contributed by atoms with Crippen LogP contribution in [-0.4, -0.2) is 33.1 Å². The van der Waals surface area contributed by atoms with Gasteiger partial charge in [-0.25, -0.2) is 9.78 Å². The Morgan fingerprint density at radius 3 is 2.97 bits per heavy atom. The Morgan fingerprint density at radius 1 is 1.28 bits per heavy atom. The highest BCUT2D eigenvalue weighted by molar-refractivity contribution is 5.86. The summed E-state index contributed by atoms with van der Waals surface area (Å²) in [5.74, 6) is 1.28. The zero-order valence-corrected chi connectivity index (χ0v) is 16.3. The highest BCUT2D eigenvalue weighted by Crippen LogP contribution is 2.31. The maximum absolute atomic E-state index is 12.8. The quantitative estimate of drug-likeness (QED) is 0.511. The molecule has 3 heterocycles. The zero-order valence-electron chi connectivity index (χ0n) is 16.3. The molecule has 0 unspecified atom stereocenters. The molecule has 29 heavy (non-hydrogen) atoms. The molecular formula is C23H23N3O3. The van der Waals surface area contributed by atoms with Crippen molar-refractivity contribution in [1.82, 2.24) is 14.9 Å². The van der Waals surface area contributed by atoms with Crippen LogP contribution >= 0.6 is 0 Å². The lowest BCUT2D eigenvalue weighted by Crippen LogP contribution is -2.33. The maximum Gasteiger partial charge on any atom is 0.347 e. The third-order valence-electron chi connectivity index (χ3n) is 5.75. The number of aromatic amines is 1. The molecule has 0 bridgehead atoms. The first-order valence-electron chi connectivity index (χ1n) is 10.0. The predicted octanol–water partition coefficient (Wildman–Crippen LogP) is 4.27. The van der Waals surface area contributed by atoms with Gasteiger partial charge in [0.15, 0.2) is 0 Å². The van der Waals surface area contributed by atoms with Crippen molar-refractivity contribution in [2.24, 2.45) is 5.92 Å². The van der Waals surface area contributed by atoms with E-state index in [1.165, 1.54) is 6.42 Å². The summed E-state index contributed by atoms with van der Waals surface area (Å²) < 4.78 is 5.72. The average molecular weight is 389 g/mol. The zero-order chi connectivity index (χ0) is 20.0. The number of benzene rings is 2. The van der Waals surface area contributed by atoms with E-state index in [-0.39, 0.29) is 5.75 Å². The van der Waals surface area contributed by atoms with Crippen LogP contribution in [0, 0.1) is 5.92 Å². The molecule has 0 saturated carbocycles. The molecule has 1 saturated heterocycles. The molecule has 2 aromatic heterocycles. The van der Waals surface area contributed by atoms with Gasteiger partial charge in [0.1, 0.15) is 22.7 Å². The van der Waals surface area contributed by atoms with Crippen LogP contribution < -0.4 is 5.63 Å². The van der Waals surface area contributed by atoms with E-state index >= 15 is 0 Å². The Balaban J connectivity index is 1.59. The topological polar surface area (TPSA) is 82.4 Å². The highest BCUT2D eigenvalue weighted by atomic mass is 16.4. The van der Waals surface area contributed by atoms with Crippen molar-refractivity contribution in [3.8, 4) is 17.1 Å². The van der Waals surface area contributed by atoms with Gasteiger partial charge in [-0.2, -0.15) is 0 Å². The summed E-state index contributed by atoms with van der Waals surface area (Å²) in [6.07, 6.45) is 2.38. The number of nitrogens with one attached hydrogen (secondary N) is 1. The van der Waals surface area contributed by atoms with Crippen LogP contribution in [0.15, 0.2) is 51.7 Å². The van der Waals surface area contributed by atoms with E-state index in [0.717, 1.165) is 35.9 Å². The number of phenols is 1. The van der Waals surface area contributed by atoms with Crippen molar-refractivity contribution in [2.45, 2.75) is 26.3 Å². The van der Waals surface area contributed by atoms with Crippen molar-refractivity contribution < 1.29 is 9.52 Å². The third-order valence-corrected chi connectivity index (χ3v) is 5.75. The number of likely N-dealkylation sites (tertiary alicyclic amines) is 1. The van der Waals surface area contributed by atoms with Crippen molar-refractivity contribution in [3.05, 3.63) is 58.4 Å². The first-order chi connectivity index (χ1) is 14.1. The van der Waals surface area contributed by atoms with E-state index in [4.69, 9.17) is 4.42 Å². The minimum Gasteiger partial charge on any atom is -0.507 e. The number of rotatable bonds is 3. The molecule has 0 radical (unpaired) electrons. The Morgan fingerprint density at radius 2 is 2.14 bits per heavy atom. The monoisotopic (exact) mass is 389 g/mol. The lowest BCUT2D eigenvalue weighted by Gasteiger charge is -2.31. The summed E-state index contributed by atoms with van der Waals surface area (Å²) in [6, 6.07) is 12.9. The summed E-state index contributed by atoms with van der Waals surface area (Å²) in [7, 11) is 0. The van der Waals surface area contributed by atoms with Crippen LogP contribution in [0.25, 0.3) is 33.4 Å². The molecule has 0 aliphatic carbocycles. The van der Waals surface area contributed by atoms with Crippen LogP contribution in [0.3, 0.4) is 0 Å². The molecule has 148 valence electrons. The fraction of sp³-hybridized carbons (Fsp3) is 0.304. The van der Waals surface area contributed by atoms with Crippen molar-refractivity contribution in [3.63, 3.8) is 0 Å². The fourth-order valence-corrected chi connectivity index (χ4v) is 4.28. The fourth-order valence-electron chi connectivity index (χ4n) is 4.28. The van der Waals surface area contributed by atoms with Gasteiger partial charge in [0, 0.05) is 18.5 Å². The minimum atomic E-state index is -0.463. The SMILES string of the molecule is C[C@H]1CCCN(Cc2c(O)ccc3cc(-c4nc5ccccc5[nH]4)c(=O)oc23)C1. The number of piperidine rings is 1. The van der Waals surface area contributed by atoms with Gasteiger partial charge in [0.05, 0.1) is 16.6 Å². The largest absolute Gasteiger partial charge is 0.507 e. The summed E-state index contributed by atoms with van der Waals surface area (Å²) in [5.41, 5.74) is 2.71. The van der Waals surface area contributed by atoms with Crippen LogP contribution in [0.2, 0.25) is 0 Å². The Hall–Kier alpha value is -3.12. The molecule has 2 aromatic carbocycles. The average Bonchev–Trinajstić information content (AvgIpc) is 3.14. The van der Waals surface area contributed by atoms with Gasteiger partial charge < -0.3 is 14.5 Å². The molecule has 0 spiro atoms. The van der Waals surface area contributed by atoms with Crippen molar-refractivity contribution in [1.29, 1.82) is 0 Å². The van der Waals surface area contributed by atoms with E-state index in [2.05, 4.69) is 21.8 Å². The van der Waals surface area contributed by atoms with E-state index in [9.17, 15) is 9.90 Å². The van der Waals surface area contributed by atoms with Gasteiger partial charge in [-0.15, -0.1) is 0 Å². The predicted molar refractivity (Wildman–Crippen MR) is 113 cm³/mol. The second kappa shape index (κ2) is 7.04. The molecule has 1 atom stereocenters. The smallest absolute Gasteiger partial charge is 0.347 e. The van der Waals surface area contributed by atoms with Crippen LogP contribution in [0.1, 0.15) is 25.3 Å². The van der Waals surface area contributed by atoms with Gasteiger partial charge in [0.2, 0.25) is 0 Å². The number of phenolic OH excluding ortho intramolecular Hbond substituents is 1. The molecule has 5 rings (SSSR count). The second-order valence-corrected chi connectivity index (χ2v) is 8.01. The molecule has 1 fully saturated rings. The Bertz CT molecular complexity index is 1220. The summed E-state index contributed by atoms with van der Waals surface area (Å²) in [4.78, 5) is 22.8. The molecule has 1 aliphatic rings. The first kappa shape index (κ1) is 17.9. The lowest BCUT2D eigenvalue weighted by atomic mass is 9.99. The van der Waals surface area contributed by atoms with Crippen LogP contribution in [-0.2, 0) is 6.54 Å². The van der Waals surface area contributed by atoms with Gasteiger partial charge in [-0.1, -0.05) is 19.1 Å². The number of H-pyrrole nitrogens is 1. The first-order valence-corrected chi connectivity index (χ1v) is 10.0. The van der Waals surface area contributed by atoms with Gasteiger partial charge >= 0.3 is 5.63 Å². The van der Waals surface area contributed by atoms with Crippen LogP contribution in [0.5, 0.6) is 5.75 Å². The summed E-state index contributed by atoms with van der Waals surface area (Å²) in [6.45, 7) is 4.79. The number of hydrogen-bond donors (Lipinski definition) is 2. The molecule has 1 aliphatic heterocycles. The minimum absolute atomic E-state index is 0.162. The molecule has 6 heteroatoms. The number of aromatic nitrogens is 2. The number of fused-ring (bicyclic) bond motifs is 2. The van der Waals surface area contributed by atoms with E-state index in [1.807, 2.05) is 24.3 Å². The molecule has 6 nitrogen and oxygen atoms in total. The van der Waals surface area contributed by atoms with E-state index in [1.54, 1.807) is 18.2 Å². The molecule has 0 amide bonds. The number of nitrogens with zero attached hydrogens (tertiary/aromatic N) is 2. The van der Waals surface area contributed by atoms with Crippen molar-refractivity contribution in [2.75, 3.05) is 13.1 Å². The molecule has 2 N–H and O–H groups in total. The highest BCUT2D eigenvalue weighted by Gasteiger charge is 2.21. The maximum atomic E-state index is 12.8. The normalized spacial score (nSPS) is 17.9. The van der Waals surface area contributed by atoms with E-state index < -0.39 is 5.63 Å². The molecular weight excluding hydrogens is 366 g/mol. The van der Waals surface area contributed by atoms with E-state index in [0.29, 0.717) is 35.0 Å².